The molecule has 1 heterocycles. The molecule has 0 radical (unpaired) electrons. The summed E-state index contributed by atoms with van der Waals surface area (Å²) in [5.74, 6) is 0. The Kier molecular flexibility index (Phi) is 5.30. The molecule has 2 N–H and O–H groups in total. The number of nitrogens with two attached hydrogens (primary N) is 1. The number of rotatable bonds is 7. The van der Waals surface area contributed by atoms with E-state index in [0.29, 0.717) is 32.1 Å². The second-order valence-electron chi connectivity index (χ2n) is 3.10. The molecular formula is C9H16N4O2S. The first kappa shape index (κ1) is 13.0. The molecule has 0 aromatic carbocycles. The third kappa shape index (κ3) is 3.22. The zero-order valence-electron chi connectivity index (χ0n) is 9.47. The minimum absolute atomic E-state index is 0.231. The van der Waals surface area contributed by atoms with Gasteiger partial charge in [0.2, 0.25) is 0 Å². The topological polar surface area (TPSA) is 75.2 Å². The first-order valence-electron chi connectivity index (χ1n) is 4.99. The van der Waals surface area contributed by atoms with Crippen molar-refractivity contribution in [1.82, 2.24) is 15.0 Å². The van der Waals surface area contributed by atoms with Gasteiger partial charge in [0.05, 0.1) is 25.5 Å². The molecule has 0 saturated carbocycles. The quantitative estimate of drug-likeness (QED) is 0.541. The van der Waals surface area contributed by atoms with Gasteiger partial charge in [0, 0.05) is 13.7 Å². The Morgan fingerprint density at radius 1 is 1.56 bits per heavy atom. The monoisotopic (exact) mass is 244 g/mol. The standard InChI is InChI=1S/C9H16N4O2S/c1-3-15-5-4-13-7(6-14-2)8(9(10)16)11-12-13/h3-6H2,1-2H3,(H2,10,16). The van der Waals surface area contributed by atoms with Gasteiger partial charge in [0.15, 0.2) is 0 Å². The van der Waals surface area contributed by atoms with Crippen molar-refractivity contribution in [3.63, 3.8) is 0 Å². The van der Waals surface area contributed by atoms with E-state index >= 15 is 0 Å². The van der Waals surface area contributed by atoms with Crippen molar-refractivity contribution in [3.05, 3.63) is 11.4 Å². The molecule has 0 unspecified atom stereocenters. The summed E-state index contributed by atoms with van der Waals surface area (Å²) in [6.07, 6.45) is 0. The van der Waals surface area contributed by atoms with Crippen molar-refractivity contribution in [2.24, 2.45) is 5.73 Å². The van der Waals surface area contributed by atoms with E-state index in [1.54, 1.807) is 11.8 Å². The molecule has 6 nitrogen and oxygen atoms in total. The smallest absolute Gasteiger partial charge is 0.145 e. The van der Waals surface area contributed by atoms with Crippen LogP contribution in [0.1, 0.15) is 18.3 Å². The molecule has 0 saturated heterocycles. The summed E-state index contributed by atoms with van der Waals surface area (Å²) in [7, 11) is 1.60. The average molecular weight is 244 g/mol. The van der Waals surface area contributed by atoms with Crippen molar-refractivity contribution in [2.45, 2.75) is 20.1 Å². The van der Waals surface area contributed by atoms with Gasteiger partial charge in [-0.25, -0.2) is 4.68 Å². The lowest BCUT2D eigenvalue weighted by Gasteiger charge is -2.06. The molecule has 1 aromatic heterocycles. The zero-order chi connectivity index (χ0) is 12.0. The molecule has 0 fully saturated rings. The van der Waals surface area contributed by atoms with Gasteiger partial charge < -0.3 is 15.2 Å². The van der Waals surface area contributed by atoms with Crippen LogP contribution in [0.25, 0.3) is 0 Å². The van der Waals surface area contributed by atoms with Crippen LogP contribution >= 0.6 is 12.2 Å². The van der Waals surface area contributed by atoms with Crippen molar-refractivity contribution < 1.29 is 9.47 Å². The van der Waals surface area contributed by atoms with Gasteiger partial charge >= 0.3 is 0 Å². The largest absolute Gasteiger partial charge is 0.388 e. The van der Waals surface area contributed by atoms with Crippen LogP contribution in [0.5, 0.6) is 0 Å². The van der Waals surface area contributed by atoms with E-state index in [1.165, 1.54) is 0 Å². The van der Waals surface area contributed by atoms with Crippen LogP contribution in [-0.4, -0.2) is 40.3 Å². The fourth-order valence-electron chi connectivity index (χ4n) is 1.28. The molecule has 1 aromatic rings. The highest BCUT2D eigenvalue weighted by molar-refractivity contribution is 7.80. The van der Waals surface area contributed by atoms with E-state index in [0.717, 1.165) is 5.69 Å². The van der Waals surface area contributed by atoms with Crippen molar-refractivity contribution >= 4 is 17.2 Å². The van der Waals surface area contributed by atoms with Gasteiger partial charge in [-0.3, -0.25) is 0 Å². The Labute approximate surface area is 99.7 Å². The van der Waals surface area contributed by atoms with E-state index in [2.05, 4.69) is 10.3 Å². The Morgan fingerprint density at radius 3 is 2.88 bits per heavy atom. The van der Waals surface area contributed by atoms with Gasteiger partial charge in [0.25, 0.3) is 0 Å². The summed E-state index contributed by atoms with van der Waals surface area (Å²) in [6, 6.07) is 0. The Bertz CT molecular complexity index is 353. The number of nitrogens with zero attached hydrogens (tertiary/aromatic N) is 3. The van der Waals surface area contributed by atoms with E-state index < -0.39 is 0 Å². The number of thiocarbonyl (C=S) groups is 1. The first-order chi connectivity index (χ1) is 7.70. The SMILES string of the molecule is CCOCCn1nnc(C(N)=S)c1COC. The predicted octanol–water partition coefficient (Wildman–Crippen LogP) is 0.0952. The molecule has 0 aliphatic heterocycles. The molecule has 0 aliphatic rings. The van der Waals surface area contributed by atoms with Crippen LogP contribution in [0.2, 0.25) is 0 Å². The number of methoxy groups -OCH3 is 1. The van der Waals surface area contributed by atoms with Crippen LogP contribution in [0.3, 0.4) is 0 Å². The molecule has 0 bridgehead atoms. The van der Waals surface area contributed by atoms with Gasteiger partial charge in [0.1, 0.15) is 10.7 Å². The summed E-state index contributed by atoms with van der Waals surface area (Å²) >= 11 is 4.89. The van der Waals surface area contributed by atoms with Crippen LogP contribution < -0.4 is 5.73 Å². The molecule has 16 heavy (non-hydrogen) atoms. The number of ether oxygens (including phenoxy) is 2. The minimum atomic E-state index is 0.231. The maximum Gasteiger partial charge on any atom is 0.145 e. The molecular weight excluding hydrogens is 228 g/mol. The second kappa shape index (κ2) is 6.51. The fraction of sp³-hybridized carbons (Fsp3) is 0.667. The minimum Gasteiger partial charge on any atom is -0.388 e. The number of hydrogen-bond donors (Lipinski definition) is 1. The van der Waals surface area contributed by atoms with Gasteiger partial charge in [-0.2, -0.15) is 0 Å². The normalized spacial score (nSPS) is 10.6. The lowest BCUT2D eigenvalue weighted by Crippen LogP contribution is -2.16. The predicted molar refractivity (Wildman–Crippen MR) is 63.1 cm³/mol. The first-order valence-corrected chi connectivity index (χ1v) is 5.40. The second-order valence-corrected chi connectivity index (χ2v) is 3.54. The molecule has 7 heteroatoms. The summed E-state index contributed by atoms with van der Waals surface area (Å²) in [5, 5.41) is 7.89. The summed E-state index contributed by atoms with van der Waals surface area (Å²) in [6.45, 7) is 4.19. The molecule has 90 valence electrons. The Hall–Kier alpha value is -1.05. The highest BCUT2D eigenvalue weighted by atomic mass is 32.1. The maximum absolute atomic E-state index is 5.54. The van der Waals surface area contributed by atoms with Crippen LogP contribution in [0.4, 0.5) is 0 Å². The highest BCUT2D eigenvalue weighted by Gasteiger charge is 2.14. The van der Waals surface area contributed by atoms with Gasteiger partial charge in [-0.05, 0) is 6.92 Å². The zero-order valence-corrected chi connectivity index (χ0v) is 10.3. The summed E-state index contributed by atoms with van der Waals surface area (Å²) in [5.41, 5.74) is 6.85. The van der Waals surface area contributed by atoms with Crippen LogP contribution in [0.15, 0.2) is 0 Å². The van der Waals surface area contributed by atoms with Gasteiger partial charge in [-0.15, -0.1) is 5.10 Å². The van der Waals surface area contributed by atoms with Gasteiger partial charge in [-0.1, -0.05) is 17.4 Å². The maximum atomic E-state index is 5.54. The number of aromatic nitrogens is 3. The van der Waals surface area contributed by atoms with Crippen LogP contribution in [0, 0.1) is 0 Å². The Balaban J connectivity index is 2.78. The molecule has 0 aliphatic carbocycles. The molecule has 0 amide bonds. The number of hydrogen-bond acceptors (Lipinski definition) is 5. The van der Waals surface area contributed by atoms with Crippen molar-refractivity contribution in [1.29, 1.82) is 0 Å². The molecule has 0 spiro atoms. The average Bonchev–Trinajstić information content (AvgIpc) is 2.63. The summed E-state index contributed by atoms with van der Waals surface area (Å²) < 4.78 is 12.0. The van der Waals surface area contributed by atoms with Crippen molar-refractivity contribution in [2.75, 3.05) is 20.3 Å². The highest BCUT2D eigenvalue weighted by Crippen LogP contribution is 2.07. The van der Waals surface area contributed by atoms with Crippen LogP contribution in [-0.2, 0) is 22.6 Å². The van der Waals surface area contributed by atoms with E-state index in [9.17, 15) is 0 Å². The van der Waals surface area contributed by atoms with Crippen molar-refractivity contribution in [3.8, 4) is 0 Å². The lowest BCUT2D eigenvalue weighted by atomic mass is 10.3. The Morgan fingerprint density at radius 2 is 2.31 bits per heavy atom. The molecule has 0 atom stereocenters. The third-order valence-electron chi connectivity index (χ3n) is 2.00. The van der Waals surface area contributed by atoms with E-state index in [4.69, 9.17) is 27.4 Å². The summed E-state index contributed by atoms with van der Waals surface area (Å²) in [4.78, 5) is 0.231. The van der Waals surface area contributed by atoms with E-state index in [1.807, 2.05) is 6.92 Å². The van der Waals surface area contributed by atoms with E-state index in [-0.39, 0.29) is 4.99 Å². The third-order valence-corrected chi connectivity index (χ3v) is 2.20. The molecule has 1 rings (SSSR count). The lowest BCUT2D eigenvalue weighted by molar-refractivity contribution is 0.130. The fourth-order valence-corrected chi connectivity index (χ4v) is 1.44.